The Bertz CT molecular complexity index is 1650. The fourth-order valence-electron chi connectivity index (χ4n) is 11.2. The zero-order valence-electron chi connectivity index (χ0n) is 59.3. The maximum absolute atomic E-state index is 7.24. The van der Waals surface area contributed by atoms with Gasteiger partial charge in [-0.25, -0.2) is 14.2 Å². The Morgan fingerprint density at radius 3 is 0.438 bits per heavy atom. The van der Waals surface area contributed by atoms with Crippen molar-refractivity contribution >= 4 is 121 Å². The maximum Gasteiger partial charge on any atom is 0.500 e. The predicted molar refractivity (Wildman–Crippen MR) is 361 cm³/mol. The molecule has 0 spiro atoms. The fourth-order valence-corrected chi connectivity index (χ4v) is 77.8. The van der Waals surface area contributed by atoms with E-state index < -0.39 is 121 Å². The molecule has 530 valence electrons. The van der Waals surface area contributed by atoms with Crippen LogP contribution in [0.25, 0.3) is 0 Å². The van der Waals surface area contributed by atoms with Crippen LogP contribution in [0.2, 0.25) is 137 Å². The fraction of sp³-hybridized carbons (Fsp3) is 0.957. The molecule has 0 N–H and O–H groups in total. The second-order valence-corrected chi connectivity index (χ2v) is 69.9. The van der Waals surface area contributed by atoms with Gasteiger partial charge in [0, 0.05) is 177 Å². The van der Waals surface area contributed by atoms with Gasteiger partial charge in [-0.15, -0.1) is 0 Å². The summed E-state index contributed by atoms with van der Waals surface area (Å²) in [6.45, 7) is 17.6. The Kier molecular flexibility index (Phi) is 40.5. The molecular weight excluding hydrogens is 1660 g/mol. The third kappa shape index (κ3) is 27.3. The summed E-state index contributed by atoms with van der Waals surface area (Å²) in [5.41, 5.74) is 0. The Labute approximate surface area is 545 Å². The molecule has 28 nitrogen and oxygen atoms in total. The van der Waals surface area contributed by atoms with Gasteiger partial charge >= 0.3 is 121 Å². The van der Waals surface area contributed by atoms with Gasteiger partial charge < -0.3 is 122 Å². The molecule has 4 atom stereocenters. The minimum absolute atomic E-state index is 0. The summed E-state index contributed by atoms with van der Waals surface area (Å²) in [5.74, 6) is 0. The summed E-state index contributed by atoms with van der Waals surface area (Å²) in [5, 5.41) is 0. The van der Waals surface area contributed by atoms with Gasteiger partial charge in [-0.05, 0) is 114 Å². The molecular formula is C46H118O28RfSi14-2. The number of hydrogen-bond acceptors (Lipinski definition) is 28. The van der Waals surface area contributed by atoms with Crippen molar-refractivity contribution in [3.63, 3.8) is 0 Å². The average Bonchev–Trinajstić information content (AvgIpc) is 1.21. The standard InChI is InChI=1S/2C23H59O14Si7.Rf/c2*1-24-16-15-17-38(11)34-39(12,18-21-42(25-2,26-3)27-4)36-41(14,20-23-44(31-8,32-9)33-10)37-40(13,35-38)19-22-43(28-5,29-6)30-7;/h2*1,15-23H2,2-14H3;/q2*-1;. The maximum atomic E-state index is 7.24. The van der Waals surface area contributed by atoms with Crippen LogP contribution in [-0.2, 0) is 122 Å². The summed E-state index contributed by atoms with van der Waals surface area (Å²) >= 11 is 0. The first-order chi connectivity index (χ1) is 41.1. The SMILES string of the molecule is [CH2-]OCCC[Si]1(C)O[Si](C)(CC[Si](OC)(OC)OC)O[Si](C)(CC[Si](OC)(OC)OC)O[Si](C)(CC[Si](OC)(OC)OC)O1.[CH2-]OCCC[Si]1(C)O[Si](C)(CC[Si](OC)(OC)OC)O[Si](C)(CC[Si](OC)(OC)OC)O[Si](C)(CC[Si](OC)(OC)OC)O1.[Rf]. The molecule has 0 bridgehead atoms. The largest absolute Gasteiger partial charge is 0.555 e. The second-order valence-electron chi connectivity index (χ2n) is 22.7. The molecule has 2 saturated heterocycles. The Morgan fingerprint density at radius 2 is 0.337 bits per heavy atom. The van der Waals surface area contributed by atoms with Gasteiger partial charge in [0.05, 0.1) is 0 Å². The Hall–Kier alpha value is 0.916. The van der Waals surface area contributed by atoms with E-state index in [1.807, 2.05) is 0 Å². The molecule has 0 radical (unpaired) electrons. The third-order valence-electron chi connectivity index (χ3n) is 16.2. The number of hydrogen-bond donors (Lipinski definition) is 0. The molecule has 2 rings (SSSR count). The molecule has 0 amide bonds. The van der Waals surface area contributed by atoms with Gasteiger partial charge in [0.15, 0.2) is 0 Å². The van der Waals surface area contributed by atoms with Crippen LogP contribution in [-0.4, -0.2) is 263 Å². The summed E-state index contributed by atoms with van der Waals surface area (Å²) in [6.07, 6.45) is 1.44. The van der Waals surface area contributed by atoms with Crippen LogP contribution in [0.4, 0.5) is 0 Å². The normalized spacial score (nSPS) is 28.7. The second kappa shape index (κ2) is 40.1. The van der Waals surface area contributed by atoms with Crippen LogP contribution < -0.4 is 0 Å². The van der Waals surface area contributed by atoms with E-state index in [-0.39, 0.29) is 0 Å². The van der Waals surface area contributed by atoms with E-state index in [0.717, 1.165) is 12.8 Å². The first-order valence-corrected chi connectivity index (χ1v) is 61.2. The van der Waals surface area contributed by atoms with E-state index >= 15 is 0 Å². The zero-order chi connectivity index (χ0) is 67.5. The van der Waals surface area contributed by atoms with Gasteiger partial charge in [-0.2, -0.15) is 0 Å². The van der Waals surface area contributed by atoms with Crippen LogP contribution in [0, 0.1) is 14.2 Å². The molecule has 0 aromatic heterocycles. The molecule has 2 heterocycles. The number of ether oxygens (including phenoxy) is 2. The molecule has 2 aliphatic rings. The van der Waals surface area contributed by atoms with Gasteiger partial charge in [-0.3, -0.25) is 0 Å². The minimum Gasteiger partial charge on any atom is -0.555 e. The van der Waals surface area contributed by atoms with Crippen molar-refractivity contribution in [1.29, 1.82) is 0 Å². The Balaban J connectivity index is 0.00000172. The molecule has 0 aliphatic carbocycles. The molecule has 0 saturated carbocycles. The van der Waals surface area contributed by atoms with Crippen molar-refractivity contribution in [2.24, 2.45) is 0 Å². The van der Waals surface area contributed by atoms with Crippen molar-refractivity contribution in [2.75, 3.05) is 141 Å². The summed E-state index contributed by atoms with van der Waals surface area (Å²) in [4.78, 5) is 0. The first-order valence-electron chi connectivity index (χ1n) is 29.4. The average molecular weight is 1780 g/mol. The van der Waals surface area contributed by atoms with Gasteiger partial charge in [0.25, 0.3) is 0 Å². The van der Waals surface area contributed by atoms with Crippen molar-refractivity contribution in [1.82, 2.24) is 0 Å². The molecule has 2 fully saturated rings. The summed E-state index contributed by atoms with van der Waals surface area (Å²) < 4.78 is 172. The predicted octanol–water partition coefficient (Wildman–Crippen LogP) is 8.37. The monoisotopic (exact) mass is 1780 g/mol. The Morgan fingerprint density at radius 1 is 0.225 bits per heavy atom. The van der Waals surface area contributed by atoms with Crippen molar-refractivity contribution < 1.29 is 122 Å². The smallest absolute Gasteiger partial charge is 0.500 e. The van der Waals surface area contributed by atoms with E-state index in [1.165, 1.54) is 0 Å². The van der Waals surface area contributed by atoms with E-state index in [9.17, 15) is 0 Å². The quantitative estimate of drug-likeness (QED) is 0.0315. The van der Waals surface area contributed by atoms with Crippen molar-refractivity contribution in [3.05, 3.63) is 14.2 Å². The van der Waals surface area contributed by atoms with Crippen LogP contribution in [0.15, 0.2) is 0 Å². The van der Waals surface area contributed by atoms with Crippen LogP contribution in [0.5, 0.6) is 0 Å². The van der Waals surface area contributed by atoms with E-state index in [4.69, 9.17) is 122 Å². The van der Waals surface area contributed by atoms with Crippen molar-refractivity contribution in [2.45, 2.75) is 150 Å². The first kappa shape index (κ1) is 89.9. The zero-order valence-corrected chi connectivity index (χ0v) is 79.7. The summed E-state index contributed by atoms with van der Waals surface area (Å²) in [7, 11) is -5.62. The van der Waals surface area contributed by atoms with Gasteiger partial charge in [-0.1, -0.05) is 0 Å². The topological polar surface area (TPSA) is 258 Å². The van der Waals surface area contributed by atoms with E-state index in [0.29, 0.717) is 97.8 Å². The molecule has 0 aromatic carbocycles. The molecule has 43 heteroatoms. The molecule has 89 heavy (non-hydrogen) atoms. The van der Waals surface area contributed by atoms with E-state index in [2.05, 4.69) is 66.6 Å². The minimum atomic E-state index is -3.06. The van der Waals surface area contributed by atoms with Crippen LogP contribution in [0.3, 0.4) is 0 Å². The van der Waals surface area contributed by atoms with Crippen molar-refractivity contribution in [3.8, 4) is 0 Å². The van der Waals surface area contributed by atoms with Crippen LogP contribution >= 0.6 is 0 Å². The third-order valence-corrected chi connectivity index (χ3v) is 72.7. The van der Waals surface area contributed by atoms with Gasteiger partial charge in [0.2, 0.25) is 0 Å². The number of rotatable bonds is 44. The summed E-state index contributed by atoms with van der Waals surface area (Å²) in [6, 6.07) is 7.75. The van der Waals surface area contributed by atoms with Gasteiger partial charge in [0.1, 0.15) is 0 Å². The molecule has 2 aliphatic heterocycles. The van der Waals surface area contributed by atoms with Crippen LogP contribution in [0.1, 0.15) is 12.8 Å². The molecule has 4 unspecified atom stereocenters. The molecule has 0 aromatic rings. The van der Waals surface area contributed by atoms with E-state index in [1.54, 1.807) is 128 Å².